The molecule has 5 nitrogen and oxygen atoms in total. The van der Waals surface area contributed by atoms with Crippen molar-refractivity contribution in [2.24, 2.45) is 11.8 Å². The first-order chi connectivity index (χ1) is 8.82. The van der Waals surface area contributed by atoms with E-state index in [1.54, 1.807) is 6.92 Å². The Bertz CT molecular complexity index is 412. The van der Waals surface area contributed by atoms with Crippen molar-refractivity contribution in [1.82, 2.24) is 4.90 Å². The van der Waals surface area contributed by atoms with E-state index in [0.717, 1.165) is 0 Å². The molecular formula is C14H21NO4. The van der Waals surface area contributed by atoms with Crippen LogP contribution in [0.25, 0.3) is 0 Å². The molecular weight excluding hydrogens is 246 g/mol. The SMILES string of the molecule is CC1=CC(=O)N(CCC(CCC(=O)O)C(C)C)C1=O. The van der Waals surface area contributed by atoms with Gasteiger partial charge < -0.3 is 5.11 Å². The monoisotopic (exact) mass is 267 g/mol. The summed E-state index contributed by atoms with van der Waals surface area (Å²) in [4.78, 5) is 35.1. The quantitative estimate of drug-likeness (QED) is 0.714. The van der Waals surface area contributed by atoms with Crippen LogP contribution < -0.4 is 0 Å². The topological polar surface area (TPSA) is 74.7 Å². The summed E-state index contributed by atoms with van der Waals surface area (Å²) in [6.45, 7) is 6.06. The summed E-state index contributed by atoms with van der Waals surface area (Å²) in [6.07, 6.45) is 2.71. The van der Waals surface area contributed by atoms with Crippen LogP contribution in [0.5, 0.6) is 0 Å². The van der Waals surface area contributed by atoms with Crippen molar-refractivity contribution in [3.8, 4) is 0 Å². The van der Waals surface area contributed by atoms with Gasteiger partial charge in [-0.2, -0.15) is 0 Å². The Balaban J connectivity index is 2.51. The summed E-state index contributed by atoms with van der Waals surface area (Å²) in [5, 5.41) is 8.72. The van der Waals surface area contributed by atoms with Crippen molar-refractivity contribution in [3.63, 3.8) is 0 Å². The molecule has 1 N–H and O–H groups in total. The van der Waals surface area contributed by atoms with Crippen LogP contribution >= 0.6 is 0 Å². The standard InChI is InChI=1S/C14H21NO4/c1-9(2)11(4-5-13(17)18)6-7-15-12(16)8-10(3)14(15)19/h8-9,11H,4-7H2,1-3H3,(H,17,18). The maximum Gasteiger partial charge on any atom is 0.303 e. The summed E-state index contributed by atoms with van der Waals surface area (Å²) < 4.78 is 0. The van der Waals surface area contributed by atoms with E-state index in [1.165, 1.54) is 11.0 Å². The fraction of sp³-hybridized carbons (Fsp3) is 0.643. The Morgan fingerprint density at radius 1 is 1.32 bits per heavy atom. The maximum absolute atomic E-state index is 11.7. The molecule has 0 aromatic heterocycles. The first-order valence-corrected chi connectivity index (χ1v) is 6.58. The van der Waals surface area contributed by atoms with Gasteiger partial charge in [-0.25, -0.2) is 0 Å². The van der Waals surface area contributed by atoms with Crippen LogP contribution in [0.1, 0.15) is 40.0 Å². The molecule has 2 amide bonds. The fourth-order valence-corrected chi connectivity index (χ4v) is 2.26. The molecule has 0 radical (unpaired) electrons. The van der Waals surface area contributed by atoms with Crippen molar-refractivity contribution < 1.29 is 19.5 Å². The predicted molar refractivity (Wildman–Crippen MR) is 70.3 cm³/mol. The lowest BCUT2D eigenvalue weighted by Gasteiger charge is -2.23. The number of carbonyl (C=O) groups is 3. The van der Waals surface area contributed by atoms with E-state index in [4.69, 9.17) is 5.11 Å². The molecule has 106 valence electrons. The normalized spacial score (nSPS) is 17.1. The molecule has 5 heteroatoms. The lowest BCUT2D eigenvalue weighted by Crippen LogP contribution is -2.33. The molecule has 1 rings (SSSR count). The van der Waals surface area contributed by atoms with Crippen LogP contribution in [0.2, 0.25) is 0 Å². The third-order valence-electron chi connectivity index (χ3n) is 3.58. The highest BCUT2D eigenvalue weighted by Crippen LogP contribution is 2.23. The number of aliphatic carboxylic acids is 1. The fourth-order valence-electron chi connectivity index (χ4n) is 2.26. The number of hydrogen-bond donors (Lipinski definition) is 1. The van der Waals surface area contributed by atoms with Crippen molar-refractivity contribution in [2.45, 2.75) is 40.0 Å². The second kappa shape index (κ2) is 6.50. The summed E-state index contributed by atoms with van der Waals surface area (Å²) in [7, 11) is 0. The summed E-state index contributed by atoms with van der Waals surface area (Å²) in [5.74, 6) is -0.760. The molecule has 1 atom stereocenters. The smallest absolute Gasteiger partial charge is 0.303 e. The second-order valence-electron chi connectivity index (χ2n) is 5.35. The van der Waals surface area contributed by atoms with E-state index >= 15 is 0 Å². The Morgan fingerprint density at radius 2 is 1.95 bits per heavy atom. The summed E-state index contributed by atoms with van der Waals surface area (Å²) in [5.41, 5.74) is 0.469. The van der Waals surface area contributed by atoms with Crippen molar-refractivity contribution in [3.05, 3.63) is 11.6 Å². The average Bonchev–Trinajstić information content (AvgIpc) is 2.54. The molecule has 0 saturated heterocycles. The van der Waals surface area contributed by atoms with Crippen molar-refractivity contribution in [1.29, 1.82) is 0 Å². The van der Waals surface area contributed by atoms with Crippen LogP contribution in [0.15, 0.2) is 11.6 Å². The maximum atomic E-state index is 11.7. The largest absolute Gasteiger partial charge is 0.481 e. The van der Waals surface area contributed by atoms with E-state index in [9.17, 15) is 14.4 Å². The molecule has 1 unspecified atom stereocenters. The Morgan fingerprint density at radius 3 is 2.37 bits per heavy atom. The van der Waals surface area contributed by atoms with Gasteiger partial charge in [0.15, 0.2) is 0 Å². The van der Waals surface area contributed by atoms with Crippen molar-refractivity contribution in [2.75, 3.05) is 6.54 Å². The molecule has 1 aliphatic rings. The number of carboxylic acid groups (broad SMARTS) is 1. The number of amides is 2. The van der Waals surface area contributed by atoms with Gasteiger partial charge in [-0.15, -0.1) is 0 Å². The highest BCUT2D eigenvalue weighted by atomic mass is 16.4. The molecule has 0 spiro atoms. The van der Waals surface area contributed by atoms with Gasteiger partial charge in [-0.3, -0.25) is 19.3 Å². The van der Waals surface area contributed by atoms with Gasteiger partial charge in [0.1, 0.15) is 0 Å². The highest BCUT2D eigenvalue weighted by molar-refractivity contribution is 6.15. The zero-order chi connectivity index (χ0) is 14.6. The van der Waals surface area contributed by atoms with E-state index < -0.39 is 5.97 Å². The van der Waals surface area contributed by atoms with E-state index in [0.29, 0.717) is 30.9 Å². The van der Waals surface area contributed by atoms with Gasteiger partial charge in [-0.05, 0) is 31.6 Å². The minimum atomic E-state index is -0.809. The molecule has 1 aliphatic heterocycles. The molecule has 19 heavy (non-hydrogen) atoms. The lowest BCUT2D eigenvalue weighted by molar-refractivity contribution is -0.139. The third kappa shape index (κ3) is 4.19. The minimum absolute atomic E-state index is 0.127. The predicted octanol–water partition coefficient (Wildman–Crippen LogP) is 1.83. The Labute approximate surface area is 113 Å². The Hall–Kier alpha value is -1.65. The zero-order valence-corrected chi connectivity index (χ0v) is 11.7. The van der Waals surface area contributed by atoms with E-state index in [1.807, 2.05) is 13.8 Å². The van der Waals surface area contributed by atoms with Crippen LogP contribution in [0.3, 0.4) is 0 Å². The van der Waals surface area contributed by atoms with Gasteiger partial charge in [0.05, 0.1) is 0 Å². The summed E-state index contributed by atoms with van der Waals surface area (Å²) in [6, 6.07) is 0. The van der Waals surface area contributed by atoms with Gasteiger partial charge in [-0.1, -0.05) is 13.8 Å². The van der Waals surface area contributed by atoms with Crippen molar-refractivity contribution >= 4 is 17.8 Å². The zero-order valence-electron chi connectivity index (χ0n) is 11.7. The van der Waals surface area contributed by atoms with Gasteiger partial charge in [0.25, 0.3) is 11.8 Å². The van der Waals surface area contributed by atoms with Crippen LogP contribution in [-0.4, -0.2) is 34.3 Å². The van der Waals surface area contributed by atoms with Crippen LogP contribution in [0, 0.1) is 11.8 Å². The Kier molecular flexibility index (Phi) is 5.27. The third-order valence-corrected chi connectivity index (χ3v) is 3.58. The number of rotatable bonds is 7. The summed E-state index contributed by atoms with van der Waals surface area (Å²) >= 11 is 0. The molecule has 0 fully saturated rings. The minimum Gasteiger partial charge on any atom is -0.481 e. The van der Waals surface area contributed by atoms with Gasteiger partial charge >= 0.3 is 5.97 Å². The number of carbonyl (C=O) groups excluding carboxylic acids is 2. The molecule has 0 aromatic carbocycles. The molecule has 0 saturated carbocycles. The first-order valence-electron chi connectivity index (χ1n) is 6.58. The molecule has 0 bridgehead atoms. The van der Waals surface area contributed by atoms with Gasteiger partial charge in [0.2, 0.25) is 0 Å². The number of nitrogens with zero attached hydrogens (tertiary/aromatic N) is 1. The number of carboxylic acids is 1. The molecule has 0 aromatic rings. The average molecular weight is 267 g/mol. The van der Waals surface area contributed by atoms with Gasteiger partial charge in [0, 0.05) is 24.6 Å². The van der Waals surface area contributed by atoms with E-state index in [2.05, 4.69) is 0 Å². The molecule has 0 aliphatic carbocycles. The lowest BCUT2D eigenvalue weighted by atomic mass is 9.88. The van der Waals surface area contributed by atoms with Crippen LogP contribution in [0.4, 0.5) is 0 Å². The number of imide groups is 1. The number of hydrogen-bond acceptors (Lipinski definition) is 3. The highest BCUT2D eigenvalue weighted by Gasteiger charge is 2.28. The van der Waals surface area contributed by atoms with Crippen LogP contribution in [-0.2, 0) is 14.4 Å². The molecule has 1 heterocycles. The van der Waals surface area contributed by atoms with E-state index in [-0.39, 0.29) is 24.2 Å². The first kappa shape index (κ1) is 15.4. The second-order valence-corrected chi connectivity index (χ2v) is 5.35.